The van der Waals surface area contributed by atoms with Gasteiger partial charge in [-0.1, -0.05) is 45.7 Å². The Kier molecular flexibility index (Phi) is 5.46. The SMILES string of the molecule is COc1ccc(Br)c(CC(O)Cc2ccccc2Cl)c1. The number of methoxy groups -OCH3 is 1. The van der Waals surface area contributed by atoms with E-state index < -0.39 is 6.10 Å². The van der Waals surface area contributed by atoms with Crippen LogP contribution in [0, 0.1) is 0 Å². The lowest BCUT2D eigenvalue weighted by atomic mass is 10.0. The minimum Gasteiger partial charge on any atom is -0.497 e. The van der Waals surface area contributed by atoms with Crippen LogP contribution in [0.2, 0.25) is 5.02 Å². The number of aliphatic hydroxyl groups is 1. The van der Waals surface area contributed by atoms with Crippen molar-refractivity contribution in [2.24, 2.45) is 0 Å². The molecule has 2 nitrogen and oxygen atoms in total. The molecule has 0 aliphatic heterocycles. The molecule has 1 N–H and O–H groups in total. The fourth-order valence-electron chi connectivity index (χ4n) is 2.08. The first kappa shape index (κ1) is 15.4. The quantitative estimate of drug-likeness (QED) is 0.868. The fourth-order valence-corrected chi connectivity index (χ4v) is 2.70. The second-order valence-electron chi connectivity index (χ2n) is 4.61. The van der Waals surface area contributed by atoms with E-state index in [1.807, 2.05) is 42.5 Å². The largest absolute Gasteiger partial charge is 0.497 e. The summed E-state index contributed by atoms with van der Waals surface area (Å²) in [5.41, 5.74) is 1.98. The monoisotopic (exact) mass is 354 g/mol. The van der Waals surface area contributed by atoms with Crippen molar-refractivity contribution in [1.29, 1.82) is 0 Å². The number of halogens is 2. The number of hydrogen-bond acceptors (Lipinski definition) is 2. The van der Waals surface area contributed by atoms with E-state index in [0.29, 0.717) is 17.9 Å². The van der Waals surface area contributed by atoms with Crippen molar-refractivity contribution in [2.45, 2.75) is 18.9 Å². The van der Waals surface area contributed by atoms with Crippen molar-refractivity contribution in [1.82, 2.24) is 0 Å². The molecule has 2 aromatic carbocycles. The van der Waals surface area contributed by atoms with Crippen LogP contribution in [0.3, 0.4) is 0 Å². The Morgan fingerprint density at radius 2 is 1.85 bits per heavy atom. The first-order valence-electron chi connectivity index (χ1n) is 6.34. The van der Waals surface area contributed by atoms with Crippen molar-refractivity contribution >= 4 is 27.5 Å². The van der Waals surface area contributed by atoms with Crippen LogP contribution in [0.4, 0.5) is 0 Å². The van der Waals surface area contributed by atoms with Crippen LogP contribution in [0.15, 0.2) is 46.9 Å². The maximum absolute atomic E-state index is 10.2. The normalized spacial score (nSPS) is 12.2. The minimum atomic E-state index is -0.488. The number of aliphatic hydroxyl groups excluding tert-OH is 1. The van der Waals surface area contributed by atoms with E-state index >= 15 is 0 Å². The lowest BCUT2D eigenvalue weighted by Crippen LogP contribution is -2.14. The minimum absolute atomic E-state index is 0.488. The van der Waals surface area contributed by atoms with Gasteiger partial charge >= 0.3 is 0 Å². The smallest absolute Gasteiger partial charge is 0.119 e. The Balaban J connectivity index is 2.08. The van der Waals surface area contributed by atoms with Crippen LogP contribution in [-0.2, 0) is 12.8 Å². The van der Waals surface area contributed by atoms with Gasteiger partial charge in [0.1, 0.15) is 5.75 Å². The van der Waals surface area contributed by atoms with Gasteiger partial charge in [0.15, 0.2) is 0 Å². The van der Waals surface area contributed by atoms with Gasteiger partial charge in [-0.15, -0.1) is 0 Å². The van der Waals surface area contributed by atoms with E-state index in [9.17, 15) is 5.11 Å². The molecule has 0 amide bonds. The standard InChI is InChI=1S/C16H16BrClO2/c1-20-14-6-7-15(17)12(10-14)9-13(19)8-11-4-2-3-5-16(11)18/h2-7,10,13,19H,8-9H2,1H3. The van der Waals surface area contributed by atoms with E-state index in [4.69, 9.17) is 16.3 Å². The maximum Gasteiger partial charge on any atom is 0.119 e. The number of rotatable bonds is 5. The highest BCUT2D eigenvalue weighted by Gasteiger charge is 2.12. The third-order valence-electron chi connectivity index (χ3n) is 3.12. The highest BCUT2D eigenvalue weighted by atomic mass is 79.9. The van der Waals surface area contributed by atoms with Gasteiger partial charge in [0.05, 0.1) is 13.2 Å². The second-order valence-corrected chi connectivity index (χ2v) is 5.87. The zero-order chi connectivity index (χ0) is 14.5. The lowest BCUT2D eigenvalue weighted by Gasteiger charge is -2.14. The summed E-state index contributed by atoms with van der Waals surface area (Å²) < 4.78 is 6.17. The van der Waals surface area contributed by atoms with Crippen LogP contribution < -0.4 is 4.74 Å². The first-order valence-corrected chi connectivity index (χ1v) is 7.51. The average Bonchev–Trinajstić information content (AvgIpc) is 2.44. The van der Waals surface area contributed by atoms with Gasteiger partial charge in [-0.2, -0.15) is 0 Å². The van der Waals surface area contributed by atoms with Gasteiger partial charge < -0.3 is 9.84 Å². The summed E-state index contributed by atoms with van der Waals surface area (Å²) in [7, 11) is 1.63. The van der Waals surface area contributed by atoms with E-state index in [2.05, 4.69) is 15.9 Å². The summed E-state index contributed by atoms with van der Waals surface area (Å²) in [6.07, 6.45) is 0.588. The van der Waals surface area contributed by atoms with Crippen LogP contribution >= 0.6 is 27.5 Å². The molecular formula is C16H16BrClO2. The Labute approximate surface area is 132 Å². The third-order valence-corrected chi connectivity index (χ3v) is 4.26. The van der Waals surface area contributed by atoms with Crippen LogP contribution in [0.25, 0.3) is 0 Å². The predicted molar refractivity (Wildman–Crippen MR) is 85.6 cm³/mol. The third kappa shape index (κ3) is 3.98. The van der Waals surface area contributed by atoms with Crippen molar-refractivity contribution < 1.29 is 9.84 Å². The average molecular weight is 356 g/mol. The second kappa shape index (κ2) is 7.11. The molecule has 0 saturated carbocycles. The van der Waals surface area contributed by atoms with Crippen molar-refractivity contribution in [2.75, 3.05) is 7.11 Å². The predicted octanol–water partition coefficient (Wildman–Crippen LogP) is 4.26. The summed E-state index contributed by atoms with van der Waals surface area (Å²) in [6.45, 7) is 0. The summed E-state index contributed by atoms with van der Waals surface area (Å²) >= 11 is 9.61. The fraction of sp³-hybridized carbons (Fsp3) is 0.250. The van der Waals surface area contributed by atoms with Crippen LogP contribution in [0.1, 0.15) is 11.1 Å². The molecule has 4 heteroatoms. The molecule has 1 unspecified atom stereocenters. The van der Waals surface area contributed by atoms with Crippen LogP contribution in [0.5, 0.6) is 5.75 Å². The Morgan fingerprint density at radius 1 is 1.15 bits per heavy atom. The highest BCUT2D eigenvalue weighted by molar-refractivity contribution is 9.10. The van der Waals surface area contributed by atoms with Crippen LogP contribution in [-0.4, -0.2) is 18.3 Å². The van der Waals surface area contributed by atoms with Gasteiger partial charge in [0.2, 0.25) is 0 Å². The summed E-state index contributed by atoms with van der Waals surface area (Å²) in [5, 5.41) is 10.9. The molecular weight excluding hydrogens is 340 g/mol. The molecule has 106 valence electrons. The maximum atomic E-state index is 10.2. The molecule has 0 saturated heterocycles. The zero-order valence-electron chi connectivity index (χ0n) is 11.1. The van der Waals surface area contributed by atoms with Gasteiger partial charge in [-0.3, -0.25) is 0 Å². The summed E-state index contributed by atoms with van der Waals surface area (Å²) in [4.78, 5) is 0. The molecule has 0 spiro atoms. The van der Waals surface area contributed by atoms with E-state index in [1.165, 1.54) is 0 Å². The van der Waals surface area contributed by atoms with Gasteiger partial charge in [0, 0.05) is 15.9 Å². The summed E-state index contributed by atoms with van der Waals surface area (Å²) in [6, 6.07) is 13.3. The number of hydrogen-bond donors (Lipinski definition) is 1. The summed E-state index contributed by atoms with van der Waals surface area (Å²) in [5.74, 6) is 0.785. The molecule has 2 aromatic rings. The highest BCUT2D eigenvalue weighted by Crippen LogP contribution is 2.25. The van der Waals surface area contributed by atoms with Crippen molar-refractivity contribution in [3.05, 3.63) is 63.1 Å². The zero-order valence-corrected chi connectivity index (χ0v) is 13.5. The van der Waals surface area contributed by atoms with Gasteiger partial charge in [0.25, 0.3) is 0 Å². The van der Waals surface area contributed by atoms with Gasteiger partial charge in [-0.05, 0) is 41.8 Å². The van der Waals surface area contributed by atoms with Crippen molar-refractivity contribution in [3.63, 3.8) is 0 Å². The van der Waals surface area contributed by atoms with E-state index in [-0.39, 0.29) is 0 Å². The molecule has 0 heterocycles. The first-order chi connectivity index (χ1) is 9.60. The molecule has 20 heavy (non-hydrogen) atoms. The molecule has 0 radical (unpaired) electrons. The molecule has 0 bridgehead atoms. The Morgan fingerprint density at radius 3 is 2.55 bits per heavy atom. The molecule has 0 aliphatic carbocycles. The van der Waals surface area contributed by atoms with E-state index in [0.717, 1.165) is 21.3 Å². The van der Waals surface area contributed by atoms with Gasteiger partial charge in [-0.25, -0.2) is 0 Å². The number of benzene rings is 2. The Hall–Kier alpha value is -1.03. The van der Waals surface area contributed by atoms with Crippen molar-refractivity contribution in [3.8, 4) is 5.75 Å². The lowest BCUT2D eigenvalue weighted by molar-refractivity contribution is 0.175. The number of ether oxygens (including phenoxy) is 1. The Bertz CT molecular complexity index is 586. The molecule has 2 rings (SSSR count). The van der Waals surface area contributed by atoms with E-state index in [1.54, 1.807) is 7.11 Å². The molecule has 1 atom stereocenters. The topological polar surface area (TPSA) is 29.5 Å². The molecule has 0 fully saturated rings. The molecule has 0 aromatic heterocycles. The molecule has 0 aliphatic rings.